The van der Waals surface area contributed by atoms with Gasteiger partial charge in [-0.3, -0.25) is 19.7 Å². The summed E-state index contributed by atoms with van der Waals surface area (Å²) < 4.78 is 10.6. The summed E-state index contributed by atoms with van der Waals surface area (Å²) in [6.45, 7) is 2.74. The zero-order chi connectivity index (χ0) is 32.6. The second-order valence-electron chi connectivity index (χ2n) is 10.8. The number of benzene rings is 3. The number of hydrogen-bond donors (Lipinski definition) is 1. The van der Waals surface area contributed by atoms with E-state index in [1.807, 2.05) is 53.4 Å². The molecule has 0 atom stereocenters. The van der Waals surface area contributed by atoms with Gasteiger partial charge in [0.25, 0.3) is 11.6 Å². The summed E-state index contributed by atoms with van der Waals surface area (Å²) in [4.78, 5) is 46.9. The Balaban J connectivity index is 1.36. The minimum Gasteiger partial charge on any atom is -0.493 e. The second kappa shape index (κ2) is 14.4. The van der Waals surface area contributed by atoms with Gasteiger partial charge in [-0.1, -0.05) is 30.3 Å². The third kappa shape index (κ3) is 7.34. The summed E-state index contributed by atoms with van der Waals surface area (Å²) in [5.74, 6) is 0.350. The normalized spacial score (nSPS) is 12.8. The maximum absolute atomic E-state index is 13.5. The predicted octanol–water partition coefficient (Wildman–Crippen LogP) is 5.12. The molecule has 0 aliphatic carbocycles. The van der Waals surface area contributed by atoms with Crippen LogP contribution in [0.4, 0.5) is 17.2 Å². The van der Waals surface area contributed by atoms with Crippen molar-refractivity contribution in [3.63, 3.8) is 0 Å². The van der Waals surface area contributed by atoms with Gasteiger partial charge in [0.1, 0.15) is 11.5 Å². The average molecular weight is 626 g/mol. The number of carbonyl (C=O) groups is 2. The van der Waals surface area contributed by atoms with Crippen LogP contribution in [0, 0.1) is 10.1 Å². The molecule has 0 radical (unpaired) electrons. The molecule has 4 aromatic rings. The molecule has 0 bridgehead atoms. The van der Waals surface area contributed by atoms with E-state index in [-0.39, 0.29) is 36.0 Å². The Morgan fingerprint density at radius 3 is 2.30 bits per heavy atom. The predicted molar refractivity (Wildman–Crippen MR) is 174 cm³/mol. The van der Waals surface area contributed by atoms with Gasteiger partial charge in [0, 0.05) is 57.1 Å². The summed E-state index contributed by atoms with van der Waals surface area (Å²) in [5, 5.41) is 21.6. The minimum absolute atomic E-state index is 0.0134. The van der Waals surface area contributed by atoms with Crippen molar-refractivity contribution in [1.82, 2.24) is 9.88 Å². The number of pyridine rings is 1. The van der Waals surface area contributed by atoms with Crippen LogP contribution < -0.4 is 19.3 Å². The highest BCUT2D eigenvalue weighted by atomic mass is 16.6. The Hall–Kier alpha value is -5.65. The summed E-state index contributed by atoms with van der Waals surface area (Å²) in [5.41, 5.74) is 3.05. The van der Waals surface area contributed by atoms with Gasteiger partial charge in [-0.25, -0.2) is 4.98 Å². The first kappa shape index (κ1) is 31.8. The number of carboxylic acid groups (broad SMARTS) is 1. The van der Waals surface area contributed by atoms with E-state index in [1.165, 1.54) is 19.1 Å². The standard InChI is InChI=1S/C34H35N5O7/c1-45-30-12-10-27(22-31(30)46-2)34(42)38(15-13-33(40)41)23-24-6-5-7-25(20-24)26-9-11-28(29(21-26)39(43)44)36-16-18-37(19-17-36)32-8-3-4-14-35-32/h3-12,14,20-22H,13,15-19,23H2,1-2H3,(H,40,41). The first-order valence-electron chi connectivity index (χ1n) is 14.8. The van der Waals surface area contributed by atoms with Crippen molar-refractivity contribution in [1.29, 1.82) is 0 Å². The van der Waals surface area contributed by atoms with Crippen molar-refractivity contribution in [2.45, 2.75) is 13.0 Å². The van der Waals surface area contributed by atoms with Crippen molar-refractivity contribution in [3.8, 4) is 22.6 Å². The highest BCUT2D eigenvalue weighted by Gasteiger charge is 2.25. The highest BCUT2D eigenvalue weighted by molar-refractivity contribution is 5.95. The van der Waals surface area contributed by atoms with Gasteiger partial charge in [0.2, 0.25) is 0 Å². The Bertz CT molecular complexity index is 1710. The lowest BCUT2D eigenvalue weighted by Gasteiger charge is -2.36. The summed E-state index contributed by atoms with van der Waals surface area (Å²) >= 11 is 0. The number of rotatable bonds is 12. The SMILES string of the molecule is COc1ccc(C(=O)N(CCC(=O)O)Cc2cccc(-c3ccc(N4CCN(c5ccccn5)CC4)c([N+](=O)[O-])c3)c2)cc1OC. The lowest BCUT2D eigenvalue weighted by molar-refractivity contribution is -0.384. The Morgan fingerprint density at radius 1 is 0.891 bits per heavy atom. The molecule has 1 saturated heterocycles. The number of ether oxygens (including phenoxy) is 2. The number of anilines is 2. The molecule has 1 aliphatic heterocycles. The van der Waals surface area contributed by atoms with Crippen molar-refractivity contribution in [2.24, 2.45) is 0 Å². The molecule has 1 amide bonds. The molecule has 0 saturated carbocycles. The van der Waals surface area contributed by atoms with E-state index in [4.69, 9.17) is 9.47 Å². The first-order chi connectivity index (χ1) is 22.3. The smallest absolute Gasteiger partial charge is 0.305 e. The number of nitrogens with zero attached hydrogens (tertiary/aromatic N) is 5. The Morgan fingerprint density at radius 2 is 1.63 bits per heavy atom. The third-order valence-electron chi connectivity index (χ3n) is 7.91. The molecule has 2 heterocycles. The summed E-state index contributed by atoms with van der Waals surface area (Å²) in [6.07, 6.45) is 1.52. The van der Waals surface area contributed by atoms with Gasteiger partial charge >= 0.3 is 5.97 Å². The molecular formula is C34H35N5O7. The van der Waals surface area contributed by atoms with Crippen LogP contribution in [0.2, 0.25) is 0 Å². The molecule has 46 heavy (non-hydrogen) atoms. The average Bonchev–Trinajstić information content (AvgIpc) is 3.09. The third-order valence-corrected chi connectivity index (χ3v) is 7.91. The van der Waals surface area contributed by atoms with Crippen molar-refractivity contribution < 1.29 is 29.1 Å². The first-order valence-corrected chi connectivity index (χ1v) is 14.8. The van der Waals surface area contributed by atoms with Gasteiger partial charge in [0.05, 0.1) is 25.6 Å². The number of carboxylic acids is 1. The van der Waals surface area contributed by atoms with Gasteiger partial charge in [-0.2, -0.15) is 0 Å². The second-order valence-corrected chi connectivity index (χ2v) is 10.8. The summed E-state index contributed by atoms with van der Waals surface area (Å²) in [6, 6.07) is 23.2. The number of aromatic nitrogens is 1. The number of hydrogen-bond acceptors (Lipinski definition) is 9. The lowest BCUT2D eigenvalue weighted by atomic mass is 10.0. The van der Waals surface area contributed by atoms with E-state index in [1.54, 1.807) is 36.5 Å². The molecule has 1 fully saturated rings. The van der Waals surface area contributed by atoms with Crippen LogP contribution in [0.3, 0.4) is 0 Å². The number of piperazine rings is 1. The van der Waals surface area contributed by atoms with Crippen molar-refractivity contribution >= 4 is 29.1 Å². The van der Waals surface area contributed by atoms with Gasteiger partial charge < -0.3 is 29.3 Å². The van der Waals surface area contributed by atoms with E-state index in [9.17, 15) is 24.8 Å². The number of nitro benzene ring substituents is 1. The molecular weight excluding hydrogens is 590 g/mol. The number of carbonyl (C=O) groups excluding carboxylic acids is 1. The maximum Gasteiger partial charge on any atom is 0.305 e. The molecule has 12 nitrogen and oxygen atoms in total. The monoisotopic (exact) mass is 625 g/mol. The maximum atomic E-state index is 13.5. The Labute approximate surface area is 266 Å². The molecule has 238 valence electrons. The lowest BCUT2D eigenvalue weighted by Crippen LogP contribution is -2.47. The Kier molecular flexibility index (Phi) is 9.96. The number of amides is 1. The number of methoxy groups -OCH3 is 2. The van der Waals surface area contributed by atoms with E-state index in [0.717, 1.165) is 16.9 Å². The van der Waals surface area contributed by atoms with Crippen LogP contribution in [0.25, 0.3) is 11.1 Å². The zero-order valence-corrected chi connectivity index (χ0v) is 25.7. The van der Waals surface area contributed by atoms with Crippen LogP contribution in [0.5, 0.6) is 11.5 Å². The molecule has 1 aromatic heterocycles. The highest BCUT2D eigenvalue weighted by Crippen LogP contribution is 2.35. The quantitative estimate of drug-likeness (QED) is 0.167. The van der Waals surface area contributed by atoms with Crippen LogP contribution in [-0.4, -0.2) is 78.7 Å². The van der Waals surface area contributed by atoms with E-state index >= 15 is 0 Å². The molecule has 3 aromatic carbocycles. The fourth-order valence-electron chi connectivity index (χ4n) is 5.54. The topological polar surface area (TPSA) is 139 Å². The fourth-order valence-corrected chi connectivity index (χ4v) is 5.54. The molecule has 0 spiro atoms. The molecule has 1 N–H and O–H groups in total. The van der Waals surface area contributed by atoms with Crippen LogP contribution in [0.1, 0.15) is 22.3 Å². The van der Waals surface area contributed by atoms with Gasteiger partial charge in [0.15, 0.2) is 11.5 Å². The van der Waals surface area contributed by atoms with E-state index in [2.05, 4.69) is 9.88 Å². The molecule has 0 unspecified atom stereocenters. The van der Waals surface area contributed by atoms with Crippen LogP contribution in [-0.2, 0) is 11.3 Å². The molecule has 5 rings (SSSR count). The number of nitro groups is 1. The minimum atomic E-state index is -1.02. The van der Waals surface area contributed by atoms with Crippen molar-refractivity contribution in [2.75, 3.05) is 56.7 Å². The number of aliphatic carboxylic acids is 1. The van der Waals surface area contributed by atoms with Crippen LogP contribution in [0.15, 0.2) is 85.1 Å². The molecule has 1 aliphatic rings. The largest absolute Gasteiger partial charge is 0.493 e. The summed E-state index contributed by atoms with van der Waals surface area (Å²) in [7, 11) is 2.97. The van der Waals surface area contributed by atoms with E-state index in [0.29, 0.717) is 54.5 Å². The van der Waals surface area contributed by atoms with Crippen molar-refractivity contribution in [3.05, 3.63) is 106 Å². The van der Waals surface area contributed by atoms with Gasteiger partial charge in [-0.15, -0.1) is 0 Å². The van der Waals surface area contributed by atoms with E-state index < -0.39 is 5.97 Å². The van der Waals surface area contributed by atoms with Crippen LogP contribution >= 0.6 is 0 Å². The molecule has 12 heteroatoms. The fraction of sp³-hybridized carbons (Fsp3) is 0.265. The van der Waals surface area contributed by atoms with Gasteiger partial charge in [-0.05, 0) is 59.2 Å². The zero-order valence-electron chi connectivity index (χ0n) is 25.7.